The van der Waals surface area contributed by atoms with Crippen LogP contribution in [0.3, 0.4) is 0 Å². The van der Waals surface area contributed by atoms with Gasteiger partial charge in [-0.25, -0.2) is 0 Å². The Morgan fingerprint density at radius 2 is 1.83 bits per heavy atom. The lowest BCUT2D eigenvalue weighted by Gasteiger charge is -2.33. The molecule has 1 heterocycles. The molecule has 3 nitrogen and oxygen atoms in total. The Bertz CT molecular complexity index is 355. The molecule has 0 amide bonds. The summed E-state index contributed by atoms with van der Waals surface area (Å²) in [6, 6.07) is 8.21. The van der Waals surface area contributed by atoms with Crippen molar-refractivity contribution in [2.45, 2.75) is 32.3 Å². The molecule has 1 aliphatic heterocycles. The monoisotopic (exact) mass is 249 g/mol. The second-order valence-electron chi connectivity index (χ2n) is 5.13. The summed E-state index contributed by atoms with van der Waals surface area (Å²) in [5.74, 6) is 0.474. The molecule has 1 fully saturated rings. The number of rotatable bonds is 4. The van der Waals surface area contributed by atoms with Gasteiger partial charge in [0.2, 0.25) is 0 Å². The first-order valence-electron chi connectivity index (χ1n) is 6.88. The molecule has 1 aliphatic rings. The van der Waals surface area contributed by atoms with Crippen LogP contribution in [-0.2, 0) is 0 Å². The Morgan fingerprint density at radius 1 is 1.22 bits per heavy atom. The molecule has 0 radical (unpaired) electrons. The van der Waals surface area contributed by atoms with E-state index in [2.05, 4.69) is 17.0 Å². The van der Waals surface area contributed by atoms with E-state index < -0.39 is 0 Å². The third kappa shape index (κ3) is 3.03. The zero-order valence-electron chi connectivity index (χ0n) is 11.0. The molecule has 0 bridgehead atoms. The molecule has 0 aromatic heterocycles. The van der Waals surface area contributed by atoms with E-state index in [1.165, 1.54) is 5.69 Å². The Kier molecular flexibility index (Phi) is 4.61. The highest BCUT2D eigenvalue weighted by molar-refractivity contribution is 5.48. The zero-order chi connectivity index (χ0) is 13.0. The molecule has 1 aromatic rings. The fourth-order valence-electron chi connectivity index (χ4n) is 2.52. The van der Waals surface area contributed by atoms with Crippen LogP contribution in [0.5, 0.6) is 0 Å². The van der Waals surface area contributed by atoms with E-state index in [0.717, 1.165) is 37.9 Å². The molecule has 2 rings (SSSR count). The molecule has 18 heavy (non-hydrogen) atoms. The number of benzene rings is 1. The number of nitrogens with zero attached hydrogens (tertiary/aromatic N) is 1. The molecule has 3 heteroatoms. The van der Waals surface area contributed by atoms with Crippen LogP contribution < -0.4 is 4.90 Å². The van der Waals surface area contributed by atoms with Crippen LogP contribution in [0.1, 0.15) is 37.9 Å². The van der Waals surface area contributed by atoms with Crippen molar-refractivity contribution in [2.24, 2.45) is 5.92 Å². The highest BCUT2D eigenvalue weighted by atomic mass is 16.3. The molecule has 100 valence electrons. The summed E-state index contributed by atoms with van der Waals surface area (Å²) in [5, 5.41) is 18.9. The minimum absolute atomic E-state index is 0.315. The highest BCUT2D eigenvalue weighted by Gasteiger charge is 2.18. The van der Waals surface area contributed by atoms with Gasteiger partial charge >= 0.3 is 0 Å². The first-order chi connectivity index (χ1) is 8.74. The summed E-state index contributed by atoms with van der Waals surface area (Å²) in [4.78, 5) is 2.36. The van der Waals surface area contributed by atoms with Crippen molar-refractivity contribution in [2.75, 3.05) is 24.6 Å². The number of hydrogen-bond acceptors (Lipinski definition) is 3. The second kappa shape index (κ2) is 6.21. The van der Waals surface area contributed by atoms with E-state index in [-0.39, 0.29) is 6.10 Å². The van der Waals surface area contributed by atoms with Crippen LogP contribution >= 0.6 is 0 Å². The lowest BCUT2D eigenvalue weighted by Crippen LogP contribution is -2.34. The number of hydrogen-bond donors (Lipinski definition) is 2. The highest BCUT2D eigenvalue weighted by Crippen LogP contribution is 2.25. The van der Waals surface area contributed by atoms with Crippen LogP contribution in [0.25, 0.3) is 0 Å². The largest absolute Gasteiger partial charge is 0.396 e. The molecule has 1 saturated heterocycles. The average Bonchev–Trinajstić information content (AvgIpc) is 2.47. The van der Waals surface area contributed by atoms with Crippen molar-refractivity contribution in [3.63, 3.8) is 0 Å². The van der Waals surface area contributed by atoms with Gasteiger partial charge in [0, 0.05) is 25.4 Å². The van der Waals surface area contributed by atoms with E-state index >= 15 is 0 Å². The van der Waals surface area contributed by atoms with Crippen LogP contribution in [0.15, 0.2) is 24.3 Å². The van der Waals surface area contributed by atoms with Gasteiger partial charge in [0.05, 0.1) is 6.10 Å². The number of aliphatic hydroxyl groups is 2. The second-order valence-corrected chi connectivity index (χ2v) is 5.13. The molecule has 1 aromatic carbocycles. The van der Waals surface area contributed by atoms with E-state index in [1.54, 1.807) is 0 Å². The van der Waals surface area contributed by atoms with Gasteiger partial charge in [-0.05, 0) is 42.9 Å². The lowest BCUT2D eigenvalue weighted by molar-refractivity contribution is 0.173. The fraction of sp³-hybridized carbons (Fsp3) is 0.600. The van der Waals surface area contributed by atoms with E-state index in [0.29, 0.717) is 12.5 Å². The number of piperidine rings is 1. The first-order valence-corrected chi connectivity index (χ1v) is 6.88. The zero-order valence-corrected chi connectivity index (χ0v) is 11.0. The topological polar surface area (TPSA) is 43.7 Å². The van der Waals surface area contributed by atoms with Gasteiger partial charge in [-0.1, -0.05) is 19.1 Å². The van der Waals surface area contributed by atoms with Crippen LogP contribution in [0, 0.1) is 5.92 Å². The minimum atomic E-state index is -0.348. The van der Waals surface area contributed by atoms with Gasteiger partial charge < -0.3 is 15.1 Å². The summed E-state index contributed by atoms with van der Waals surface area (Å²) >= 11 is 0. The van der Waals surface area contributed by atoms with Crippen molar-refractivity contribution in [1.82, 2.24) is 0 Å². The Labute approximate surface area is 109 Å². The summed E-state index contributed by atoms with van der Waals surface area (Å²) in [5.41, 5.74) is 2.21. The summed E-state index contributed by atoms with van der Waals surface area (Å²) in [7, 11) is 0. The van der Waals surface area contributed by atoms with Gasteiger partial charge in [0.15, 0.2) is 0 Å². The summed E-state index contributed by atoms with van der Waals surface area (Å²) in [6.07, 6.45) is 2.53. The molecule has 0 spiro atoms. The maximum atomic E-state index is 9.76. The molecule has 0 saturated carbocycles. The SMILES string of the molecule is CC[C@H](O)c1ccc(N2CCC(CO)CC2)cc1. The Morgan fingerprint density at radius 3 is 2.33 bits per heavy atom. The van der Waals surface area contributed by atoms with Gasteiger partial charge in [0.25, 0.3) is 0 Å². The third-order valence-corrected chi connectivity index (χ3v) is 3.90. The van der Waals surface area contributed by atoms with Crippen LogP contribution in [0.2, 0.25) is 0 Å². The number of anilines is 1. The molecule has 0 aliphatic carbocycles. The van der Waals surface area contributed by atoms with Crippen molar-refractivity contribution < 1.29 is 10.2 Å². The Balaban J connectivity index is 1.98. The van der Waals surface area contributed by atoms with E-state index in [1.807, 2.05) is 19.1 Å². The molecule has 2 N–H and O–H groups in total. The maximum Gasteiger partial charge on any atom is 0.0787 e. The summed E-state index contributed by atoms with van der Waals surface area (Å²) < 4.78 is 0. The van der Waals surface area contributed by atoms with Crippen LogP contribution in [-0.4, -0.2) is 29.9 Å². The lowest BCUT2D eigenvalue weighted by atomic mass is 9.97. The van der Waals surface area contributed by atoms with E-state index in [9.17, 15) is 5.11 Å². The predicted molar refractivity (Wildman–Crippen MR) is 73.7 cm³/mol. The van der Waals surface area contributed by atoms with Crippen molar-refractivity contribution in [3.05, 3.63) is 29.8 Å². The smallest absolute Gasteiger partial charge is 0.0787 e. The average molecular weight is 249 g/mol. The number of aliphatic hydroxyl groups excluding tert-OH is 2. The van der Waals surface area contributed by atoms with Crippen molar-refractivity contribution >= 4 is 5.69 Å². The third-order valence-electron chi connectivity index (χ3n) is 3.90. The summed E-state index contributed by atoms with van der Waals surface area (Å²) in [6.45, 7) is 4.33. The van der Waals surface area contributed by atoms with Crippen molar-refractivity contribution in [3.8, 4) is 0 Å². The Hall–Kier alpha value is -1.06. The standard InChI is InChI=1S/C15H23NO2/c1-2-15(18)13-3-5-14(6-4-13)16-9-7-12(11-17)8-10-16/h3-6,12,15,17-18H,2,7-11H2,1H3/t15-/m0/s1. The molecule has 0 unspecified atom stereocenters. The normalized spacial score (nSPS) is 18.9. The fourth-order valence-corrected chi connectivity index (χ4v) is 2.52. The van der Waals surface area contributed by atoms with Gasteiger partial charge in [0.1, 0.15) is 0 Å². The molecule has 1 atom stereocenters. The van der Waals surface area contributed by atoms with E-state index in [4.69, 9.17) is 5.11 Å². The molecular weight excluding hydrogens is 226 g/mol. The first kappa shape index (κ1) is 13.4. The quantitative estimate of drug-likeness (QED) is 0.861. The van der Waals surface area contributed by atoms with Crippen molar-refractivity contribution in [1.29, 1.82) is 0 Å². The predicted octanol–water partition coefficient (Wildman–Crippen LogP) is 2.34. The molecular formula is C15H23NO2. The maximum absolute atomic E-state index is 9.76. The minimum Gasteiger partial charge on any atom is -0.396 e. The van der Waals surface area contributed by atoms with Crippen LogP contribution in [0.4, 0.5) is 5.69 Å². The van der Waals surface area contributed by atoms with Gasteiger partial charge in [-0.15, -0.1) is 0 Å². The van der Waals surface area contributed by atoms with Gasteiger partial charge in [-0.2, -0.15) is 0 Å². The van der Waals surface area contributed by atoms with Gasteiger partial charge in [-0.3, -0.25) is 0 Å².